The third-order valence-corrected chi connectivity index (χ3v) is 2.59. The van der Waals surface area contributed by atoms with Gasteiger partial charge in [-0.1, -0.05) is 29.8 Å². The largest absolute Gasteiger partial charge is 0.477 e. The number of hydrogen-bond acceptors (Lipinski definition) is 3. The first-order valence-electron chi connectivity index (χ1n) is 5.34. The van der Waals surface area contributed by atoms with Crippen molar-refractivity contribution in [2.75, 3.05) is 0 Å². The molecular formula is C13H9ClFNO3. The van der Waals surface area contributed by atoms with E-state index in [0.717, 1.165) is 0 Å². The van der Waals surface area contributed by atoms with Crippen molar-refractivity contribution in [2.24, 2.45) is 0 Å². The first-order valence-corrected chi connectivity index (χ1v) is 5.72. The molecule has 0 spiro atoms. The molecule has 0 saturated carbocycles. The molecule has 0 bridgehead atoms. The van der Waals surface area contributed by atoms with Crippen LogP contribution < -0.4 is 4.74 Å². The Balaban J connectivity index is 2.22. The summed E-state index contributed by atoms with van der Waals surface area (Å²) in [5, 5.41) is 9.08. The summed E-state index contributed by atoms with van der Waals surface area (Å²) in [6.07, 6.45) is 0. The van der Waals surface area contributed by atoms with E-state index in [1.165, 1.54) is 18.2 Å². The Labute approximate surface area is 113 Å². The SMILES string of the molecule is O=C(O)c1ccc(Cl)nc1OCc1ccccc1F. The summed E-state index contributed by atoms with van der Waals surface area (Å²) in [6, 6.07) is 8.68. The van der Waals surface area contributed by atoms with Crippen LogP contribution in [-0.2, 0) is 6.61 Å². The van der Waals surface area contributed by atoms with Gasteiger partial charge >= 0.3 is 5.97 Å². The van der Waals surface area contributed by atoms with Gasteiger partial charge in [-0.2, -0.15) is 0 Å². The van der Waals surface area contributed by atoms with Gasteiger partial charge in [-0.05, 0) is 18.2 Å². The number of halogens is 2. The van der Waals surface area contributed by atoms with Crippen LogP contribution in [-0.4, -0.2) is 16.1 Å². The number of hydrogen-bond donors (Lipinski definition) is 1. The number of pyridine rings is 1. The van der Waals surface area contributed by atoms with Gasteiger partial charge in [-0.3, -0.25) is 0 Å². The van der Waals surface area contributed by atoms with Gasteiger partial charge < -0.3 is 9.84 Å². The summed E-state index contributed by atoms with van der Waals surface area (Å²) < 4.78 is 18.6. The molecule has 1 N–H and O–H groups in total. The van der Waals surface area contributed by atoms with E-state index in [4.69, 9.17) is 21.4 Å². The number of carbonyl (C=O) groups is 1. The molecule has 1 aromatic heterocycles. The van der Waals surface area contributed by atoms with Gasteiger partial charge in [0.05, 0.1) is 0 Å². The van der Waals surface area contributed by atoms with Gasteiger partial charge in [0.1, 0.15) is 23.1 Å². The fourth-order valence-corrected chi connectivity index (χ4v) is 1.59. The van der Waals surface area contributed by atoms with Crippen LogP contribution in [0.1, 0.15) is 15.9 Å². The monoisotopic (exact) mass is 281 g/mol. The number of aromatic carboxylic acids is 1. The normalized spacial score (nSPS) is 10.2. The molecule has 4 nitrogen and oxygen atoms in total. The van der Waals surface area contributed by atoms with Crippen molar-refractivity contribution in [1.29, 1.82) is 0 Å². The van der Waals surface area contributed by atoms with Crippen molar-refractivity contribution in [3.8, 4) is 5.88 Å². The van der Waals surface area contributed by atoms with Gasteiger partial charge in [-0.15, -0.1) is 0 Å². The average molecular weight is 282 g/mol. The number of rotatable bonds is 4. The van der Waals surface area contributed by atoms with Crippen LogP contribution in [0.25, 0.3) is 0 Å². The van der Waals surface area contributed by atoms with Crippen LogP contribution in [0.2, 0.25) is 5.15 Å². The Morgan fingerprint density at radius 2 is 2.05 bits per heavy atom. The van der Waals surface area contributed by atoms with Gasteiger partial charge in [0.25, 0.3) is 0 Å². The van der Waals surface area contributed by atoms with Crippen LogP contribution in [0.4, 0.5) is 4.39 Å². The molecule has 0 aliphatic carbocycles. The Bertz CT molecular complexity index is 619. The minimum Gasteiger partial charge on any atom is -0.477 e. The van der Waals surface area contributed by atoms with E-state index in [0.29, 0.717) is 5.56 Å². The first kappa shape index (κ1) is 13.3. The quantitative estimate of drug-likeness (QED) is 0.875. The van der Waals surface area contributed by atoms with E-state index >= 15 is 0 Å². The van der Waals surface area contributed by atoms with Gasteiger partial charge in [-0.25, -0.2) is 14.2 Å². The zero-order chi connectivity index (χ0) is 13.8. The summed E-state index contributed by atoms with van der Waals surface area (Å²) in [4.78, 5) is 14.8. The van der Waals surface area contributed by atoms with Crippen molar-refractivity contribution in [2.45, 2.75) is 6.61 Å². The van der Waals surface area contributed by atoms with E-state index in [-0.39, 0.29) is 23.2 Å². The highest BCUT2D eigenvalue weighted by Crippen LogP contribution is 2.20. The second-order valence-corrected chi connectivity index (χ2v) is 4.06. The van der Waals surface area contributed by atoms with E-state index < -0.39 is 11.8 Å². The Kier molecular flexibility index (Phi) is 3.97. The maximum atomic E-state index is 13.4. The fourth-order valence-electron chi connectivity index (χ4n) is 1.45. The van der Waals surface area contributed by atoms with Gasteiger partial charge in [0.15, 0.2) is 0 Å². The van der Waals surface area contributed by atoms with Crippen molar-refractivity contribution in [3.63, 3.8) is 0 Å². The number of nitrogens with zero attached hydrogens (tertiary/aromatic N) is 1. The average Bonchev–Trinajstić information content (AvgIpc) is 2.37. The molecule has 19 heavy (non-hydrogen) atoms. The first-order chi connectivity index (χ1) is 9.08. The van der Waals surface area contributed by atoms with E-state index in [9.17, 15) is 9.18 Å². The maximum absolute atomic E-state index is 13.4. The number of carboxylic acids is 1. The van der Waals surface area contributed by atoms with Crippen LogP contribution in [0, 0.1) is 5.82 Å². The molecule has 0 unspecified atom stereocenters. The maximum Gasteiger partial charge on any atom is 0.341 e. The molecule has 6 heteroatoms. The molecule has 0 aliphatic rings. The highest BCUT2D eigenvalue weighted by molar-refractivity contribution is 6.29. The van der Waals surface area contributed by atoms with E-state index in [1.807, 2.05) is 0 Å². The Morgan fingerprint density at radius 1 is 1.32 bits per heavy atom. The summed E-state index contributed by atoms with van der Waals surface area (Å²) >= 11 is 5.68. The third kappa shape index (κ3) is 3.20. The van der Waals surface area contributed by atoms with Gasteiger partial charge in [0.2, 0.25) is 5.88 Å². The minimum absolute atomic E-state index is 0.105. The van der Waals surface area contributed by atoms with E-state index in [2.05, 4.69) is 4.98 Å². The highest BCUT2D eigenvalue weighted by atomic mass is 35.5. The van der Waals surface area contributed by atoms with Crippen LogP contribution >= 0.6 is 11.6 Å². The number of benzene rings is 1. The lowest BCUT2D eigenvalue weighted by molar-refractivity contribution is 0.0690. The molecule has 0 saturated heterocycles. The number of aromatic nitrogens is 1. The lowest BCUT2D eigenvalue weighted by Gasteiger charge is -2.08. The lowest BCUT2D eigenvalue weighted by Crippen LogP contribution is -2.06. The summed E-state index contributed by atoms with van der Waals surface area (Å²) in [5.74, 6) is -1.75. The summed E-state index contributed by atoms with van der Waals surface area (Å²) in [6.45, 7) is -0.125. The highest BCUT2D eigenvalue weighted by Gasteiger charge is 2.14. The third-order valence-electron chi connectivity index (χ3n) is 2.38. The molecule has 2 rings (SSSR count). The van der Waals surface area contributed by atoms with Crippen LogP contribution in [0.3, 0.4) is 0 Å². The smallest absolute Gasteiger partial charge is 0.341 e. The van der Waals surface area contributed by atoms with Crippen LogP contribution in [0.15, 0.2) is 36.4 Å². The van der Waals surface area contributed by atoms with Crippen molar-refractivity contribution in [3.05, 3.63) is 58.5 Å². The second-order valence-electron chi connectivity index (χ2n) is 3.67. The standard InChI is InChI=1S/C13H9ClFNO3/c14-11-6-5-9(13(17)18)12(16-11)19-7-8-3-1-2-4-10(8)15/h1-6H,7H2,(H,17,18). The minimum atomic E-state index is -1.19. The summed E-state index contributed by atoms with van der Waals surface area (Å²) in [5.41, 5.74) is 0.182. The second kappa shape index (κ2) is 5.67. The molecule has 1 aromatic carbocycles. The molecule has 2 aromatic rings. The molecule has 0 aliphatic heterocycles. The topological polar surface area (TPSA) is 59.4 Å². The molecule has 0 radical (unpaired) electrons. The number of carboxylic acid groups (broad SMARTS) is 1. The molecule has 98 valence electrons. The molecule has 1 heterocycles. The molecule has 0 atom stereocenters. The van der Waals surface area contributed by atoms with Crippen molar-refractivity contribution in [1.82, 2.24) is 4.98 Å². The predicted molar refractivity (Wildman–Crippen MR) is 66.9 cm³/mol. The van der Waals surface area contributed by atoms with Crippen LogP contribution in [0.5, 0.6) is 5.88 Å². The Hall–Kier alpha value is -2.14. The predicted octanol–water partition coefficient (Wildman–Crippen LogP) is 3.15. The zero-order valence-electron chi connectivity index (χ0n) is 9.64. The lowest BCUT2D eigenvalue weighted by atomic mass is 10.2. The van der Waals surface area contributed by atoms with Gasteiger partial charge in [0, 0.05) is 5.56 Å². The fraction of sp³-hybridized carbons (Fsp3) is 0.0769. The molecular weight excluding hydrogens is 273 g/mol. The molecule has 0 amide bonds. The number of ether oxygens (including phenoxy) is 1. The summed E-state index contributed by atoms with van der Waals surface area (Å²) in [7, 11) is 0. The molecule has 0 fully saturated rings. The van der Waals surface area contributed by atoms with Crippen molar-refractivity contribution < 1.29 is 19.0 Å². The Morgan fingerprint density at radius 3 is 2.74 bits per heavy atom. The van der Waals surface area contributed by atoms with E-state index in [1.54, 1.807) is 18.2 Å². The van der Waals surface area contributed by atoms with Crippen molar-refractivity contribution >= 4 is 17.6 Å². The zero-order valence-corrected chi connectivity index (χ0v) is 10.4.